The van der Waals surface area contributed by atoms with Gasteiger partial charge in [-0.1, -0.05) is 78.3 Å². The molecule has 0 aromatic heterocycles. The van der Waals surface area contributed by atoms with Gasteiger partial charge in [0, 0.05) is 24.0 Å². The van der Waals surface area contributed by atoms with Crippen LogP contribution in [0.25, 0.3) is 0 Å². The molecule has 172 valence electrons. The lowest BCUT2D eigenvalue weighted by atomic mass is 10.00. The summed E-state index contributed by atoms with van der Waals surface area (Å²) < 4.78 is 0. The van der Waals surface area contributed by atoms with Crippen LogP contribution in [0.2, 0.25) is 5.02 Å². The van der Waals surface area contributed by atoms with Gasteiger partial charge < -0.3 is 10.2 Å². The highest BCUT2D eigenvalue weighted by Gasteiger charge is 2.30. The Kier molecular flexibility index (Phi) is 8.67. The average molecular weight is 463 g/mol. The molecule has 33 heavy (non-hydrogen) atoms. The van der Waals surface area contributed by atoms with Crippen molar-refractivity contribution >= 4 is 23.4 Å². The summed E-state index contributed by atoms with van der Waals surface area (Å²) >= 11 is 6.07. The molecule has 0 fully saturated rings. The first kappa shape index (κ1) is 24.5. The SMILES string of the molecule is Cc1ccccc1CC(=O)N(Cc1ccc(Cl)cc1)C(Cc1ccccc1)C(=O)NC(C)C. The smallest absolute Gasteiger partial charge is 0.243 e. The third-order valence-corrected chi connectivity index (χ3v) is 5.82. The first-order valence-corrected chi connectivity index (χ1v) is 11.6. The van der Waals surface area contributed by atoms with Crippen LogP contribution in [0.3, 0.4) is 0 Å². The van der Waals surface area contributed by atoms with Gasteiger partial charge in [0.1, 0.15) is 6.04 Å². The van der Waals surface area contributed by atoms with Gasteiger partial charge >= 0.3 is 0 Å². The van der Waals surface area contributed by atoms with E-state index >= 15 is 0 Å². The van der Waals surface area contributed by atoms with E-state index in [2.05, 4.69) is 5.32 Å². The van der Waals surface area contributed by atoms with Crippen LogP contribution in [0.5, 0.6) is 0 Å². The Morgan fingerprint density at radius 1 is 0.879 bits per heavy atom. The van der Waals surface area contributed by atoms with Crippen molar-refractivity contribution < 1.29 is 9.59 Å². The second-order valence-corrected chi connectivity index (χ2v) is 9.06. The number of hydrogen-bond donors (Lipinski definition) is 1. The molecule has 0 aliphatic carbocycles. The third kappa shape index (κ3) is 7.19. The van der Waals surface area contributed by atoms with Crippen LogP contribution >= 0.6 is 11.6 Å². The van der Waals surface area contributed by atoms with Gasteiger partial charge in [-0.2, -0.15) is 0 Å². The van der Waals surface area contributed by atoms with E-state index in [1.165, 1.54) is 0 Å². The third-order valence-electron chi connectivity index (χ3n) is 5.57. The van der Waals surface area contributed by atoms with Crippen LogP contribution < -0.4 is 5.32 Å². The lowest BCUT2D eigenvalue weighted by molar-refractivity contribution is -0.141. The molecule has 0 radical (unpaired) electrons. The fourth-order valence-corrected chi connectivity index (χ4v) is 3.92. The molecule has 0 aliphatic rings. The molecular formula is C28H31ClN2O2. The maximum Gasteiger partial charge on any atom is 0.243 e. The average Bonchev–Trinajstić information content (AvgIpc) is 2.79. The first-order valence-electron chi connectivity index (χ1n) is 11.3. The standard InChI is InChI=1S/C28H31ClN2O2/c1-20(2)30-28(33)26(17-22-10-5-4-6-11-22)31(19-23-13-15-25(29)16-14-23)27(32)18-24-12-8-7-9-21(24)3/h4-16,20,26H,17-19H2,1-3H3,(H,30,33). The fourth-order valence-electron chi connectivity index (χ4n) is 3.79. The summed E-state index contributed by atoms with van der Waals surface area (Å²) in [6, 6.07) is 24.4. The number of halogens is 1. The van der Waals surface area contributed by atoms with Crippen molar-refractivity contribution in [3.8, 4) is 0 Å². The van der Waals surface area contributed by atoms with Gasteiger partial charge in [0.15, 0.2) is 0 Å². The summed E-state index contributed by atoms with van der Waals surface area (Å²) in [5, 5.41) is 3.65. The number of carbonyl (C=O) groups is 2. The van der Waals surface area contributed by atoms with Crippen molar-refractivity contribution in [3.63, 3.8) is 0 Å². The Labute approximate surface area is 201 Å². The van der Waals surface area contributed by atoms with E-state index in [-0.39, 0.29) is 24.3 Å². The van der Waals surface area contributed by atoms with E-state index in [1.54, 1.807) is 17.0 Å². The monoisotopic (exact) mass is 462 g/mol. The molecule has 1 unspecified atom stereocenters. The number of amides is 2. The maximum atomic E-state index is 13.7. The number of carbonyl (C=O) groups excluding carboxylic acids is 2. The molecule has 0 bridgehead atoms. The number of benzene rings is 3. The van der Waals surface area contributed by atoms with Crippen LogP contribution in [0.4, 0.5) is 0 Å². The molecule has 0 saturated heterocycles. The van der Waals surface area contributed by atoms with Crippen molar-refractivity contribution in [3.05, 3.63) is 106 Å². The maximum absolute atomic E-state index is 13.7. The van der Waals surface area contributed by atoms with E-state index in [0.29, 0.717) is 18.0 Å². The second-order valence-electron chi connectivity index (χ2n) is 8.62. The van der Waals surface area contributed by atoms with Crippen LogP contribution in [0.1, 0.15) is 36.1 Å². The van der Waals surface area contributed by atoms with Gasteiger partial charge in [-0.15, -0.1) is 0 Å². The molecule has 4 nitrogen and oxygen atoms in total. The highest BCUT2D eigenvalue weighted by molar-refractivity contribution is 6.30. The van der Waals surface area contributed by atoms with E-state index in [0.717, 1.165) is 22.3 Å². The lowest BCUT2D eigenvalue weighted by Gasteiger charge is -2.32. The summed E-state index contributed by atoms with van der Waals surface area (Å²) in [7, 11) is 0. The van der Waals surface area contributed by atoms with Gasteiger partial charge in [-0.25, -0.2) is 0 Å². The number of nitrogens with zero attached hydrogens (tertiary/aromatic N) is 1. The molecule has 5 heteroatoms. The molecule has 3 rings (SSSR count). The van der Waals surface area contributed by atoms with Crippen LogP contribution in [0.15, 0.2) is 78.9 Å². The fraction of sp³-hybridized carbons (Fsp3) is 0.286. The molecule has 0 saturated carbocycles. The highest BCUT2D eigenvalue weighted by Crippen LogP contribution is 2.19. The zero-order valence-corrected chi connectivity index (χ0v) is 20.2. The zero-order valence-electron chi connectivity index (χ0n) is 19.4. The largest absolute Gasteiger partial charge is 0.352 e. The van der Waals surface area contributed by atoms with E-state index in [9.17, 15) is 9.59 Å². The van der Waals surface area contributed by atoms with Crippen LogP contribution in [-0.2, 0) is 29.0 Å². The Balaban J connectivity index is 1.97. The van der Waals surface area contributed by atoms with Crippen LogP contribution in [-0.4, -0.2) is 28.8 Å². The van der Waals surface area contributed by atoms with Gasteiger partial charge in [0.25, 0.3) is 0 Å². The summed E-state index contributed by atoms with van der Waals surface area (Å²) in [6.45, 7) is 6.18. The predicted molar refractivity (Wildman–Crippen MR) is 134 cm³/mol. The molecule has 0 heterocycles. The molecular weight excluding hydrogens is 432 g/mol. The minimum absolute atomic E-state index is 0.0281. The Morgan fingerprint density at radius 3 is 2.15 bits per heavy atom. The lowest BCUT2D eigenvalue weighted by Crippen LogP contribution is -2.52. The van der Waals surface area contributed by atoms with Gasteiger partial charge in [0.2, 0.25) is 11.8 Å². The molecule has 0 aliphatic heterocycles. The van der Waals surface area contributed by atoms with Crippen molar-refractivity contribution in [1.82, 2.24) is 10.2 Å². The first-order chi connectivity index (χ1) is 15.8. The normalized spacial score (nSPS) is 11.8. The second kappa shape index (κ2) is 11.7. The molecule has 1 atom stereocenters. The van der Waals surface area contributed by atoms with Gasteiger partial charge in [-0.05, 0) is 55.2 Å². The van der Waals surface area contributed by atoms with Gasteiger partial charge in [-0.3, -0.25) is 9.59 Å². The number of aryl methyl sites for hydroxylation is 1. The quantitative estimate of drug-likeness (QED) is 0.465. The molecule has 3 aromatic rings. The molecule has 1 N–H and O–H groups in total. The molecule has 0 spiro atoms. The molecule has 2 amide bonds. The topological polar surface area (TPSA) is 49.4 Å². The van der Waals surface area contributed by atoms with E-state index < -0.39 is 6.04 Å². The minimum atomic E-state index is -0.637. The summed E-state index contributed by atoms with van der Waals surface area (Å²) in [5.74, 6) is -0.236. The number of hydrogen-bond acceptors (Lipinski definition) is 2. The van der Waals surface area contributed by atoms with Crippen molar-refractivity contribution in [2.45, 2.75) is 52.2 Å². The predicted octanol–water partition coefficient (Wildman–Crippen LogP) is 5.36. The number of rotatable bonds is 9. The summed E-state index contributed by atoms with van der Waals surface area (Å²) in [5.41, 5.74) is 3.95. The van der Waals surface area contributed by atoms with Gasteiger partial charge in [0.05, 0.1) is 6.42 Å². The summed E-state index contributed by atoms with van der Waals surface area (Å²) in [4.78, 5) is 28.7. The van der Waals surface area contributed by atoms with E-state index in [1.807, 2.05) is 87.5 Å². The molecule has 3 aromatic carbocycles. The van der Waals surface area contributed by atoms with Crippen molar-refractivity contribution in [2.24, 2.45) is 0 Å². The number of nitrogens with one attached hydrogen (secondary N) is 1. The highest BCUT2D eigenvalue weighted by atomic mass is 35.5. The van der Waals surface area contributed by atoms with Crippen molar-refractivity contribution in [1.29, 1.82) is 0 Å². The van der Waals surface area contributed by atoms with E-state index in [4.69, 9.17) is 11.6 Å². The Morgan fingerprint density at radius 2 is 1.52 bits per heavy atom. The zero-order chi connectivity index (χ0) is 23.8. The Hall–Kier alpha value is -3.11. The Bertz CT molecular complexity index is 1060. The minimum Gasteiger partial charge on any atom is -0.352 e. The van der Waals surface area contributed by atoms with Crippen LogP contribution in [0, 0.1) is 6.92 Å². The summed E-state index contributed by atoms with van der Waals surface area (Å²) in [6.07, 6.45) is 0.674. The van der Waals surface area contributed by atoms with Crippen molar-refractivity contribution in [2.75, 3.05) is 0 Å².